The summed E-state index contributed by atoms with van der Waals surface area (Å²) < 4.78 is 24.3. The van der Waals surface area contributed by atoms with Gasteiger partial charge in [0.25, 0.3) is 5.91 Å². The Morgan fingerprint density at radius 1 is 1.10 bits per heavy atom. The van der Waals surface area contributed by atoms with Crippen molar-refractivity contribution in [3.05, 3.63) is 59.4 Å². The second-order valence-electron chi connectivity index (χ2n) is 7.09. The number of rotatable bonds is 4. The van der Waals surface area contributed by atoms with Crippen LogP contribution in [0.25, 0.3) is 0 Å². The number of nitrogens with zero attached hydrogens (tertiary/aromatic N) is 1. The molecule has 1 N–H and O–H groups in total. The van der Waals surface area contributed by atoms with E-state index < -0.39 is 35.6 Å². The third kappa shape index (κ3) is 3.41. The number of benzene rings is 2. The molecule has 0 spiro atoms. The molecular weight excluding hydrogens is 379 g/mol. The van der Waals surface area contributed by atoms with Gasteiger partial charge in [-0.2, -0.15) is 0 Å². The number of nitrogens with one attached hydrogen (secondary N) is 1. The lowest BCUT2D eigenvalue weighted by atomic mass is 9.91. The summed E-state index contributed by atoms with van der Waals surface area (Å²) >= 11 is 0. The summed E-state index contributed by atoms with van der Waals surface area (Å²) in [5, 5.41) is 2.66. The maximum Gasteiger partial charge on any atom is 0.325 e. The molecule has 7 nitrogen and oxygen atoms in total. The van der Waals surface area contributed by atoms with Crippen LogP contribution in [0, 0.1) is 5.82 Å². The molecule has 2 aromatic carbocycles. The van der Waals surface area contributed by atoms with Gasteiger partial charge in [-0.1, -0.05) is 6.07 Å². The fourth-order valence-corrected chi connectivity index (χ4v) is 3.38. The van der Waals surface area contributed by atoms with E-state index in [4.69, 9.17) is 9.47 Å². The van der Waals surface area contributed by atoms with Crippen molar-refractivity contribution in [3.63, 3.8) is 0 Å². The van der Waals surface area contributed by atoms with Crippen LogP contribution < -0.4 is 14.8 Å². The number of hydrogen-bond acceptors (Lipinski definition) is 5. The molecule has 29 heavy (non-hydrogen) atoms. The van der Waals surface area contributed by atoms with Crippen LogP contribution in [0.4, 0.5) is 9.18 Å². The van der Waals surface area contributed by atoms with E-state index in [2.05, 4.69) is 5.32 Å². The lowest BCUT2D eigenvalue weighted by Crippen LogP contribution is -2.41. The molecule has 2 aliphatic rings. The van der Waals surface area contributed by atoms with Crippen LogP contribution in [0.1, 0.15) is 29.3 Å². The topological polar surface area (TPSA) is 84.9 Å². The first kappa shape index (κ1) is 18.9. The van der Waals surface area contributed by atoms with E-state index >= 15 is 0 Å². The second kappa shape index (κ2) is 7.20. The van der Waals surface area contributed by atoms with Gasteiger partial charge < -0.3 is 14.8 Å². The highest BCUT2D eigenvalue weighted by Gasteiger charge is 2.49. The molecule has 4 rings (SSSR count). The summed E-state index contributed by atoms with van der Waals surface area (Å²) in [6.07, 6.45) is 0.746. The van der Waals surface area contributed by atoms with Gasteiger partial charge >= 0.3 is 6.03 Å². The van der Waals surface area contributed by atoms with Gasteiger partial charge in [-0.3, -0.25) is 14.5 Å². The first-order valence-corrected chi connectivity index (χ1v) is 9.21. The lowest BCUT2D eigenvalue weighted by Gasteiger charge is -2.23. The highest BCUT2D eigenvalue weighted by Crippen LogP contribution is 2.36. The zero-order valence-corrected chi connectivity index (χ0v) is 15.7. The number of halogens is 1. The molecule has 1 unspecified atom stereocenters. The van der Waals surface area contributed by atoms with Gasteiger partial charge in [-0.05, 0) is 48.9 Å². The standard InChI is InChI=1S/C21H19FN2O5/c1-21(14-5-8-17-18(11-14)29-10-2-9-28-17)19(26)24(20(27)23-21)12-16(25)13-3-6-15(22)7-4-13/h3-8,11H,2,9-10,12H2,1H3,(H,23,27). The lowest BCUT2D eigenvalue weighted by molar-refractivity contribution is -0.130. The van der Waals surface area contributed by atoms with Crippen LogP contribution >= 0.6 is 0 Å². The van der Waals surface area contributed by atoms with Gasteiger partial charge in [0.15, 0.2) is 17.3 Å². The fraction of sp³-hybridized carbons (Fsp3) is 0.286. The smallest absolute Gasteiger partial charge is 0.325 e. The number of amides is 3. The molecule has 2 heterocycles. The highest BCUT2D eigenvalue weighted by atomic mass is 19.1. The highest BCUT2D eigenvalue weighted by molar-refractivity contribution is 6.11. The zero-order chi connectivity index (χ0) is 20.6. The van der Waals surface area contributed by atoms with Gasteiger partial charge in [0, 0.05) is 12.0 Å². The van der Waals surface area contributed by atoms with E-state index in [0.717, 1.165) is 23.5 Å². The second-order valence-corrected chi connectivity index (χ2v) is 7.09. The summed E-state index contributed by atoms with van der Waals surface area (Å²) in [6.45, 7) is 2.18. The van der Waals surface area contributed by atoms with Gasteiger partial charge in [-0.15, -0.1) is 0 Å². The van der Waals surface area contributed by atoms with Crippen LogP contribution in [0.5, 0.6) is 11.5 Å². The van der Waals surface area contributed by atoms with Crippen LogP contribution in [0.3, 0.4) is 0 Å². The maximum atomic E-state index is 13.1. The Hall–Kier alpha value is -3.42. The maximum absolute atomic E-state index is 13.1. The molecular formula is C21H19FN2O5. The van der Waals surface area contributed by atoms with Gasteiger partial charge in [0.2, 0.25) is 0 Å². The molecule has 2 aliphatic heterocycles. The van der Waals surface area contributed by atoms with E-state index in [1.165, 1.54) is 12.1 Å². The Bertz CT molecular complexity index is 991. The fourth-order valence-electron chi connectivity index (χ4n) is 3.38. The van der Waals surface area contributed by atoms with Crippen molar-refractivity contribution in [2.24, 2.45) is 0 Å². The van der Waals surface area contributed by atoms with Crippen molar-refractivity contribution >= 4 is 17.7 Å². The number of imide groups is 1. The summed E-state index contributed by atoms with van der Waals surface area (Å²) in [4.78, 5) is 38.8. The Morgan fingerprint density at radius 3 is 2.52 bits per heavy atom. The number of ketones is 1. The molecule has 150 valence electrons. The number of carbonyl (C=O) groups is 3. The minimum absolute atomic E-state index is 0.219. The molecule has 1 atom stereocenters. The minimum Gasteiger partial charge on any atom is -0.490 e. The molecule has 0 aromatic heterocycles. The molecule has 1 saturated heterocycles. The third-order valence-electron chi connectivity index (χ3n) is 5.07. The third-order valence-corrected chi connectivity index (χ3v) is 5.07. The number of urea groups is 1. The van der Waals surface area contributed by atoms with Crippen molar-refractivity contribution in [1.29, 1.82) is 0 Å². The normalized spacial score (nSPS) is 21.0. The summed E-state index contributed by atoms with van der Waals surface area (Å²) in [5.74, 6) is -0.401. The minimum atomic E-state index is -1.34. The first-order chi connectivity index (χ1) is 13.9. The number of fused-ring (bicyclic) bond motifs is 1. The molecule has 0 aliphatic carbocycles. The zero-order valence-electron chi connectivity index (χ0n) is 15.7. The molecule has 8 heteroatoms. The van der Waals surface area contributed by atoms with Crippen molar-refractivity contribution < 1.29 is 28.2 Å². The predicted molar refractivity (Wildman–Crippen MR) is 100 cm³/mol. The molecule has 0 saturated carbocycles. The van der Waals surface area contributed by atoms with Crippen LogP contribution in [-0.2, 0) is 10.3 Å². The SMILES string of the molecule is CC1(c2ccc3c(c2)OCCCO3)NC(=O)N(CC(=O)c2ccc(F)cc2)C1=O. The van der Waals surface area contributed by atoms with E-state index in [1.54, 1.807) is 25.1 Å². The molecule has 2 aromatic rings. The van der Waals surface area contributed by atoms with Crippen LogP contribution in [-0.4, -0.2) is 42.4 Å². The molecule has 0 radical (unpaired) electrons. The van der Waals surface area contributed by atoms with E-state index in [1.807, 2.05) is 0 Å². The first-order valence-electron chi connectivity index (χ1n) is 9.21. The van der Waals surface area contributed by atoms with Crippen molar-refractivity contribution in [1.82, 2.24) is 10.2 Å². The monoisotopic (exact) mass is 398 g/mol. The van der Waals surface area contributed by atoms with Gasteiger partial charge in [-0.25, -0.2) is 9.18 Å². The van der Waals surface area contributed by atoms with Crippen molar-refractivity contribution in [3.8, 4) is 11.5 Å². The predicted octanol–water partition coefficient (Wildman–Crippen LogP) is 2.64. The molecule has 0 bridgehead atoms. The number of carbonyl (C=O) groups excluding carboxylic acids is 3. The average molecular weight is 398 g/mol. The Kier molecular flexibility index (Phi) is 4.70. The van der Waals surface area contributed by atoms with E-state index in [9.17, 15) is 18.8 Å². The molecule has 1 fully saturated rings. The van der Waals surface area contributed by atoms with Gasteiger partial charge in [0.1, 0.15) is 11.4 Å². The Labute approximate surface area is 166 Å². The largest absolute Gasteiger partial charge is 0.490 e. The number of Topliss-reactive ketones (excluding diaryl/α,β-unsaturated/α-hetero) is 1. The quantitative estimate of drug-likeness (QED) is 0.632. The summed E-state index contributed by atoms with van der Waals surface area (Å²) in [5.41, 5.74) is -0.599. The van der Waals surface area contributed by atoms with E-state index in [0.29, 0.717) is 30.3 Å². The summed E-state index contributed by atoms with van der Waals surface area (Å²) in [6, 6.07) is 9.34. The molecule has 3 amide bonds. The van der Waals surface area contributed by atoms with Crippen molar-refractivity contribution in [2.45, 2.75) is 18.9 Å². The van der Waals surface area contributed by atoms with Gasteiger partial charge in [0.05, 0.1) is 19.8 Å². The number of ether oxygens (including phenoxy) is 2. The number of hydrogen-bond donors (Lipinski definition) is 1. The van der Waals surface area contributed by atoms with Crippen LogP contribution in [0.15, 0.2) is 42.5 Å². The van der Waals surface area contributed by atoms with E-state index in [-0.39, 0.29) is 5.56 Å². The van der Waals surface area contributed by atoms with Crippen LogP contribution in [0.2, 0.25) is 0 Å². The van der Waals surface area contributed by atoms with Crippen molar-refractivity contribution in [2.75, 3.05) is 19.8 Å². The summed E-state index contributed by atoms with van der Waals surface area (Å²) in [7, 11) is 0. The Balaban J connectivity index is 1.57. The average Bonchev–Trinajstić information content (AvgIpc) is 2.87. The Morgan fingerprint density at radius 2 is 1.79 bits per heavy atom.